The second-order valence-electron chi connectivity index (χ2n) is 2.74. The van der Waals surface area contributed by atoms with Gasteiger partial charge in [-0.2, -0.15) is 0 Å². The van der Waals surface area contributed by atoms with E-state index in [1.54, 1.807) is 0 Å². The summed E-state index contributed by atoms with van der Waals surface area (Å²) in [7, 11) is 0. The Morgan fingerprint density at radius 1 is 1.21 bits per heavy atom. The third kappa shape index (κ3) is 9.70. The Morgan fingerprint density at radius 2 is 1.71 bits per heavy atom. The smallest absolute Gasteiger partial charge is 0.550 e. The SMILES string of the molecule is CC(=O)CC/C(CCC(=O)[O-])=N/O.[Na+]. The summed E-state index contributed by atoms with van der Waals surface area (Å²) in [6.45, 7) is 1.42. The van der Waals surface area contributed by atoms with Crippen molar-refractivity contribution in [2.45, 2.75) is 32.6 Å². The summed E-state index contributed by atoms with van der Waals surface area (Å²) in [4.78, 5) is 20.6. The van der Waals surface area contributed by atoms with E-state index < -0.39 is 5.97 Å². The van der Waals surface area contributed by atoms with Gasteiger partial charge in [0.1, 0.15) is 5.78 Å². The number of carboxylic acids is 1. The predicted molar refractivity (Wildman–Crippen MR) is 43.4 cm³/mol. The molecule has 74 valence electrons. The second kappa shape index (κ2) is 9.18. The van der Waals surface area contributed by atoms with Gasteiger partial charge in [-0.05, 0) is 26.2 Å². The van der Waals surface area contributed by atoms with Gasteiger partial charge in [0, 0.05) is 12.4 Å². The molecule has 0 spiro atoms. The number of rotatable bonds is 6. The van der Waals surface area contributed by atoms with Crippen molar-refractivity contribution in [3.8, 4) is 0 Å². The summed E-state index contributed by atoms with van der Waals surface area (Å²) in [5.41, 5.74) is 0.319. The summed E-state index contributed by atoms with van der Waals surface area (Å²) in [6.07, 6.45) is 0.523. The number of hydrogen-bond donors (Lipinski definition) is 1. The summed E-state index contributed by atoms with van der Waals surface area (Å²) in [5, 5.41) is 21.4. The standard InChI is InChI=1S/C8H13NO4.Na/c1-6(10)2-3-7(9-13)4-5-8(11)12;/h13H,2-5H2,1H3,(H,11,12);/q;+1/p-1/b9-7-;. The van der Waals surface area contributed by atoms with Crippen LogP contribution in [0.1, 0.15) is 32.6 Å². The van der Waals surface area contributed by atoms with Crippen molar-refractivity contribution < 1.29 is 49.5 Å². The van der Waals surface area contributed by atoms with Crippen LogP contribution in [0.15, 0.2) is 5.16 Å². The van der Waals surface area contributed by atoms with E-state index in [1.807, 2.05) is 0 Å². The number of carboxylic acid groups (broad SMARTS) is 1. The molecular formula is C8H12NNaO4. The Labute approximate surface area is 104 Å². The first-order valence-corrected chi connectivity index (χ1v) is 3.95. The van der Waals surface area contributed by atoms with E-state index >= 15 is 0 Å². The summed E-state index contributed by atoms with van der Waals surface area (Å²) >= 11 is 0. The molecule has 6 heteroatoms. The summed E-state index contributed by atoms with van der Waals surface area (Å²) in [5.74, 6) is -1.21. The minimum atomic E-state index is -1.19. The third-order valence-electron chi connectivity index (χ3n) is 1.52. The zero-order chi connectivity index (χ0) is 10.3. The fourth-order valence-corrected chi connectivity index (χ4v) is 0.792. The van der Waals surface area contributed by atoms with Crippen LogP contribution in [0.2, 0.25) is 0 Å². The van der Waals surface area contributed by atoms with Gasteiger partial charge in [0.2, 0.25) is 0 Å². The molecule has 0 aliphatic rings. The van der Waals surface area contributed by atoms with E-state index in [-0.39, 0.29) is 54.6 Å². The molecule has 0 aromatic carbocycles. The Hall–Kier alpha value is -0.390. The van der Waals surface area contributed by atoms with E-state index in [9.17, 15) is 14.7 Å². The van der Waals surface area contributed by atoms with Crippen molar-refractivity contribution in [1.29, 1.82) is 0 Å². The number of hydrogen-bond acceptors (Lipinski definition) is 5. The zero-order valence-electron chi connectivity index (χ0n) is 8.45. The predicted octanol–water partition coefficient (Wildman–Crippen LogP) is -3.28. The molecule has 0 aromatic rings. The number of Topliss-reactive ketones (excluding diaryl/α,β-unsaturated/α-hetero) is 1. The van der Waals surface area contributed by atoms with Crippen molar-refractivity contribution in [3.63, 3.8) is 0 Å². The maximum atomic E-state index is 10.5. The quantitative estimate of drug-likeness (QED) is 0.215. The largest absolute Gasteiger partial charge is 1.00 e. The van der Waals surface area contributed by atoms with Gasteiger partial charge in [-0.25, -0.2) is 0 Å². The van der Waals surface area contributed by atoms with Crippen LogP contribution in [0.25, 0.3) is 0 Å². The number of aliphatic carboxylic acids is 1. The number of ketones is 1. The van der Waals surface area contributed by atoms with Crippen molar-refractivity contribution >= 4 is 17.5 Å². The molecule has 0 saturated heterocycles. The molecule has 0 bridgehead atoms. The van der Waals surface area contributed by atoms with Gasteiger partial charge in [0.05, 0.1) is 5.71 Å². The molecule has 0 fully saturated rings. The van der Waals surface area contributed by atoms with E-state index in [2.05, 4.69) is 5.16 Å². The van der Waals surface area contributed by atoms with Crippen LogP contribution in [0.3, 0.4) is 0 Å². The number of carbonyl (C=O) groups excluding carboxylic acids is 2. The fraction of sp³-hybridized carbons (Fsp3) is 0.625. The molecular weight excluding hydrogens is 197 g/mol. The van der Waals surface area contributed by atoms with Crippen LogP contribution in [-0.2, 0) is 9.59 Å². The minimum Gasteiger partial charge on any atom is -0.550 e. The Kier molecular flexibility index (Phi) is 10.5. The topological polar surface area (TPSA) is 89.8 Å². The minimum absolute atomic E-state index is 0. The monoisotopic (exact) mass is 209 g/mol. The van der Waals surface area contributed by atoms with Crippen LogP contribution < -0.4 is 34.7 Å². The first-order chi connectivity index (χ1) is 6.06. The average Bonchev–Trinajstić information content (AvgIpc) is 2.04. The van der Waals surface area contributed by atoms with Crippen LogP contribution in [0, 0.1) is 0 Å². The Balaban J connectivity index is 0. The summed E-state index contributed by atoms with van der Waals surface area (Å²) in [6, 6.07) is 0. The molecule has 0 unspecified atom stereocenters. The van der Waals surface area contributed by atoms with Gasteiger partial charge in [-0.1, -0.05) is 5.16 Å². The maximum absolute atomic E-state index is 10.5. The normalized spacial score (nSPS) is 10.5. The van der Waals surface area contributed by atoms with Crippen LogP contribution in [-0.4, -0.2) is 22.7 Å². The van der Waals surface area contributed by atoms with Crippen molar-refractivity contribution in [1.82, 2.24) is 0 Å². The molecule has 0 rings (SSSR count). The van der Waals surface area contributed by atoms with Gasteiger partial charge in [-0.15, -0.1) is 0 Å². The van der Waals surface area contributed by atoms with E-state index in [0.717, 1.165) is 0 Å². The molecule has 14 heavy (non-hydrogen) atoms. The molecule has 0 aromatic heterocycles. The van der Waals surface area contributed by atoms with Gasteiger partial charge < -0.3 is 19.9 Å². The van der Waals surface area contributed by atoms with Gasteiger partial charge >= 0.3 is 29.6 Å². The molecule has 0 radical (unpaired) electrons. The maximum Gasteiger partial charge on any atom is 1.00 e. The zero-order valence-corrected chi connectivity index (χ0v) is 10.4. The molecule has 0 heterocycles. The second-order valence-corrected chi connectivity index (χ2v) is 2.74. The molecule has 0 amide bonds. The Morgan fingerprint density at radius 3 is 2.07 bits per heavy atom. The molecule has 0 aliphatic carbocycles. The van der Waals surface area contributed by atoms with Crippen LogP contribution in [0.4, 0.5) is 0 Å². The fourth-order valence-electron chi connectivity index (χ4n) is 0.792. The average molecular weight is 209 g/mol. The number of oxime groups is 1. The van der Waals surface area contributed by atoms with Gasteiger partial charge in [-0.3, -0.25) is 0 Å². The summed E-state index contributed by atoms with van der Waals surface area (Å²) < 4.78 is 0. The van der Waals surface area contributed by atoms with E-state index in [4.69, 9.17) is 5.21 Å². The molecule has 0 aliphatic heterocycles. The van der Waals surface area contributed by atoms with E-state index in [1.165, 1.54) is 6.92 Å². The van der Waals surface area contributed by atoms with Crippen molar-refractivity contribution in [2.75, 3.05) is 0 Å². The number of carbonyl (C=O) groups is 2. The number of nitrogens with zero attached hydrogens (tertiary/aromatic N) is 1. The Bertz CT molecular complexity index is 207. The molecule has 1 N–H and O–H groups in total. The molecule has 0 atom stereocenters. The van der Waals surface area contributed by atoms with Crippen molar-refractivity contribution in [2.24, 2.45) is 5.16 Å². The van der Waals surface area contributed by atoms with Crippen LogP contribution in [0.5, 0.6) is 0 Å². The van der Waals surface area contributed by atoms with Crippen LogP contribution >= 0.6 is 0 Å². The third-order valence-corrected chi connectivity index (χ3v) is 1.52. The van der Waals surface area contributed by atoms with E-state index in [0.29, 0.717) is 12.1 Å². The molecule has 5 nitrogen and oxygen atoms in total. The first kappa shape index (κ1) is 16.1. The molecule has 0 saturated carbocycles. The first-order valence-electron chi connectivity index (χ1n) is 3.95. The van der Waals surface area contributed by atoms with Gasteiger partial charge in [0.15, 0.2) is 0 Å². The van der Waals surface area contributed by atoms with Gasteiger partial charge in [0.25, 0.3) is 0 Å². The van der Waals surface area contributed by atoms with Crippen molar-refractivity contribution in [3.05, 3.63) is 0 Å².